The molecule has 0 bridgehead atoms. The van der Waals surface area contributed by atoms with E-state index in [1.165, 1.54) is 9.13 Å². The zero-order valence-electron chi connectivity index (χ0n) is 7.31. The third-order valence-electron chi connectivity index (χ3n) is 1.92. The summed E-state index contributed by atoms with van der Waals surface area (Å²) in [6, 6.07) is 6.06. The van der Waals surface area contributed by atoms with Gasteiger partial charge in [0.05, 0.1) is 5.33 Å². The van der Waals surface area contributed by atoms with Crippen molar-refractivity contribution in [2.24, 2.45) is 0 Å². The molecule has 0 aliphatic rings. The van der Waals surface area contributed by atoms with Crippen LogP contribution in [0.5, 0.6) is 0 Å². The van der Waals surface area contributed by atoms with E-state index in [-0.39, 0.29) is 5.78 Å². The predicted molar refractivity (Wildman–Crippen MR) is 66.4 cm³/mol. The molecule has 0 saturated carbocycles. The molecule has 0 saturated heterocycles. The first-order valence-corrected chi connectivity index (χ1v) is 6.17. The number of rotatable bonds is 3. The molecule has 70 valence electrons. The number of carbonyl (C=O) groups is 1. The third-order valence-corrected chi connectivity index (χ3v) is 3.71. The maximum Gasteiger partial charge on any atom is 0.147 e. The fourth-order valence-electron chi connectivity index (χ4n) is 1.10. The summed E-state index contributed by atoms with van der Waals surface area (Å²) in [4.78, 5) is 11.2. The van der Waals surface area contributed by atoms with E-state index >= 15 is 0 Å². The van der Waals surface area contributed by atoms with Crippen molar-refractivity contribution in [2.75, 3.05) is 5.33 Å². The highest BCUT2D eigenvalue weighted by atomic mass is 127. The predicted octanol–water partition coefficient (Wildman–Crippen LogP) is 3.11. The van der Waals surface area contributed by atoms with Crippen molar-refractivity contribution in [3.05, 3.63) is 32.9 Å². The summed E-state index contributed by atoms with van der Waals surface area (Å²) in [6.07, 6.45) is 0.536. The SMILES string of the molecule is Cc1c(I)cccc1CC(=O)CBr. The summed E-state index contributed by atoms with van der Waals surface area (Å²) in [5.41, 5.74) is 2.36. The van der Waals surface area contributed by atoms with E-state index in [1.54, 1.807) is 0 Å². The Balaban J connectivity index is 2.89. The number of Topliss-reactive ketones (excluding diaryl/α,β-unsaturated/α-hetero) is 1. The Morgan fingerprint density at radius 2 is 2.23 bits per heavy atom. The minimum Gasteiger partial charge on any atom is -0.298 e. The lowest BCUT2D eigenvalue weighted by Gasteiger charge is -2.05. The Bertz CT molecular complexity index is 323. The molecule has 1 aromatic carbocycles. The number of carbonyl (C=O) groups excluding carboxylic acids is 1. The summed E-state index contributed by atoms with van der Waals surface area (Å²) in [6.45, 7) is 2.05. The molecule has 0 atom stereocenters. The van der Waals surface area contributed by atoms with Gasteiger partial charge in [0.2, 0.25) is 0 Å². The zero-order valence-corrected chi connectivity index (χ0v) is 11.1. The lowest BCUT2D eigenvalue weighted by Crippen LogP contribution is -2.05. The molecule has 0 amide bonds. The van der Waals surface area contributed by atoms with Crippen LogP contribution in [0.1, 0.15) is 11.1 Å². The van der Waals surface area contributed by atoms with Gasteiger partial charge in [0.1, 0.15) is 5.78 Å². The van der Waals surface area contributed by atoms with Gasteiger partial charge in [-0.05, 0) is 46.7 Å². The van der Waals surface area contributed by atoms with Gasteiger partial charge in [0.25, 0.3) is 0 Å². The van der Waals surface area contributed by atoms with Crippen molar-refractivity contribution in [1.29, 1.82) is 0 Å². The Labute approximate surface area is 100 Å². The van der Waals surface area contributed by atoms with Crippen LogP contribution in [-0.2, 0) is 11.2 Å². The fraction of sp³-hybridized carbons (Fsp3) is 0.300. The van der Waals surface area contributed by atoms with E-state index in [9.17, 15) is 4.79 Å². The summed E-state index contributed by atoms with van der Waals surface area (Å²) >= 11 is 5.45. The molecule has 1 aromatic rings. The lowest BCUT2D eigenvalue weighted by molar-refractivity contribution is -0.115. The van der Waals surface area contributed by atoms with E-state index < -0.39 is 0 Å². The van der Waals surface area contributed by atoms with Gasteiger partial charge in [-0.25, -0.2) is 0 Å². The van der Waals surface area contributed by atoms with Crippen LogP contribution in [0.4, 0.5) is 0 Å². The van der Waals surface area contributed by atoms with Crippen LogP contribution in [0.2, 0.25) is 0 Å². The molecule has 13 heavy (non-hydrogen) atoms. The molecular formula is C10H10BrIO. The summed E-state index contributed by atoms with van der Waals surface area (Å²) in [5.74, 6) is 0.227. The average molecular weight is 353 g/mol. The molecule has 0 heterocycles. The fourth-order valence-corrected chi connectivity index (χ4v) is 1.86. The highest BCUT2D eigenvalue weighted by molar-refractivity contribution is 14.1. The van der Waals surface area contributed by atoms with Gasteiger partial charge in [-0.2, -0.15) is 0 Å². The molecule has 0 aliphatic heterocycles. The highest BCUT2D eigenvalue weighted by Crippen LogP contribution is 2.16. The minimum atomic E-state index is 0.227. The second-order valence-electron chi connectivity index (χ2n) is 2.87. The molecule has 3 heteroatoms. The van der Waals surface area contributed by atoms with Crippen molar-refractivity contribution >= 4 is 44.3 Å². The van der Waals surface area contributed by atoms with Gasteiger partial charge >= 0.3 is 0 Å². The summed E-state index contributed by atoms with van der Waals surface area (Å²) < 4.78 is 1.22. The van der Waals surface area contributed by atoms with Crippen molar-refractivity contribution in [3.63, 3.8) is 0 Å². The Hall–Kier alpha value is 0.1000. The zero-order chi connectivity index (χ0) is 9.84. The molecule has 0 aromatic heterocycles. The normalized spacial score (nSPS) is 10.1. The van der Waals surface area contributed by atoms with Crippen molar-refractivity contribution < 1.29 is 4.79 Å². The topological polar surface area (TPSA) is 17.1 Å². The van der Waals surface area contributed by atoms with Crippen molar-refractivity contribution in [1.82, 2.24) is 0 Å². The second-order valence-corrected chi connectivity index (χ2v) is 4.60. The number of alkyl halides is 1. The molecule has 0 radical (unpaired) electrons. The molecule has 0 aliphatic carbocycles. The lowest BCUT2D eigenvalue weighted by atomic mass is 10.0. The van der Waals surface area contributed by atoms with Crippen LogP contribution < -0.4 is 0 Å². The van der Waals surface area contributed by atoms with Gasteiger partial charge in [0, 0.05) is 9.99 Å². The largest absolute Gasteiger partial charge is 0.298 e. The quantitative estimate of drug-likeness (QED) is 0.603. The van der Waals surface area contributed by atoms with Gasteiger partial charge in [-0.15, -0.1) is 0 Å². The van der Waals surface area contributed by atoms with Crippen LogP contribution in [0.25, 0.3) is 0 Å². The van der Waals surface area contributed by atoms with Gasteiger partial charge < -0.3 is 0 Å². The monoisotopic (exact) mass is 352 g/mol. The maximum atomic E-state index is 11.2. The summed E-state index contributed by atoms with van der Waals surface area (Å²) in [7, 11) is 0. The van der Waals surface area contributed by atoms with E-state index in [4.69, 9.17) is 0 Å². The Kier molecular flexibility index (Phi) is 4.38. The number of hydrogen-bond acceptors (Lipinski definition) is 1. The van der Waals surface area contributed by atoms with Crippen LogP contribution in [0.3, 0.4) is 0 Å². The molecule has 1 nitrogen and oxygen atoms in total. The van der Waals surface area contributed by atoms with E-state index in [0.29, 0.717) is 11.8 Å². The first-order valence-electron chi connectivity index (χ1n) is 3.97. The molecule has 1 rings (SSSR count). The number of benzene rings is 1. The number of ketones is 1. The maximum absolute atomic E-state index is 11.2. The number of halogens is 2. The molecule has 0 spiro atoms. The highest BCUT2D eigenvalue weighted by Gasteiger charge is 2.05. The van der Waals surface area contributed by atoms with Crippen LogP contribution in [-0.4, -0.2) is 11.1 Å². The average Bonchev–Trinajstić information content (AvgIpc) is 2.13. The van der Waals surface area contributed by atoms with E-state index in [0.717, 1.165) is 5.56 Å². The Morgan fingerprint density at radius 3 is 2.85 bits per heavy atom. The van der Waals surface area contributed by atoms with E-state index in [1.807, 2.05) is 12.1 Å². The molecule has 0 unspecified atom stereocenters. The molecular weight excluding hydrogens is 343 g/mol. The first-order chi connectivity index (χ1) is 6.15. The summed E-state index contributed by atoms with van der Waals surface area (Å²) in [5, 5.41) is 0.442. The van der Waals surface area contributed by atoms with Gasteiger partial charge in [-0.1, -0.05) is 28.1 Å². The van der Waals surface area contributed by atoms with Crippen LogP contribution in [0.15, 0.2) is 18.2 Å². The molecule has 0 N–H and O–H groups in total. The van der Waals surface area contributed by atoms with Gasteiger partial charge in [0.15, 0.2) is 0 Å². The second kappa shape index (κ2) is 5.10. The number of hydrogen-bond donors (Lipinski definition) is 0. The van der Waals surface area contributed by atoms with Crippen LogP contribution in [0, 0.1) is 10.5 Å². The van der Waals surface area contributed by atoms with E-state index in [2.05, 4.69) is 51.5 Å². The standard InChI is InChI=1S/C10H10BrIO/c1-7-8(5-9(13)6-11)3-2-4-10(7)12/h2-4H,5-6H2,1H3. The first kappa shape index (κ1) is 11.2. The van der Waals surface area contributed by atoms with Gasteiger partial charge in [-0.3, -0.25) is 4.79 Å². The van der Waals surface area contributed by atoms with Crippen molar-refractivity contribution in [3.8, 4) is 0 Å². The minimum absolute atomic E-state index is 0.227. The van der Waals surface area contributed by atoms with Crippen LogP contribution >= 0.6 is 38.5 Å². The Morgan fingerprint density at radius 1 is 1.54 bits per heavy atom. The van der Waals surface area contributed by atoms with Crippen molar-refractivity contribution in [2.45, 2.75) is 13.3 Å². The molecule has 0 fully saturated rings. The third kappa shape index (κ3) is 3.06. The smallest absolute Gasteiger partial charge is 0.147 e.